The Balaban J connectivity index is 1.79. The first-order valence-corrected chi connectivity index (χ1v) is 9.31. The van der Waals surface area contributed by atoms with Gasteiger partial charge in [-0.3, -0.25) is 14.5 Å². The molecule has 0 fully saturated rings. The van der Waals surface area contributed by atoms with E-state index < -0.39 is 15.8 Å². The van der Waals surface area contributed by atoms with Gasteiger partial charge in [0.15, 0.2) is 11.5 Å². The van der Waals surface area contributed by atoms with Crippen molar-refractivity contribution < 1.29 is 12.8 Å². The number of halogens is 1. The molecular formula is C16H14FN7O2S. The number of aryl methyl sites for hydroxylation is 2. The molecule has 27 heavy (non-hydrogen) atoms. The molecule has 0 saturated carbocycles. The Labute approximate surface area is 153 Å². The van der Waals surface area contributed by atoms with Crippen LogP contribution in [0.25, 0.3) is 22.4 Å². The highest BCUT2D eigenvalue weighted by Crippen LogP contribution is 2.30. The largest absolute Gasteiger partial charge is 0.279 e. The molecule has 0 amide bonds. The lowest BCUT2D eigenvalue weighted by atomic mass is 10.1. The third-order valence-corrected chi connectivity index (χ3v) is 5.39. The monoisotopic (exact) mass is 387 g/mol. The predicted octanol–water partition coefficient (Wildman–Crippen LogP) is 2.00. The number of hydrogen-bond acceptors (Lipinski definition) is 6. The van der Waals surface area contributed by atoms with Crippen LogP contribution in [0.4, 0.5) is 10.1 Å². The van der Waals surface area contributed by atoms with Crippen LogP contribution in [0.2, 0.25) is 0 Å². The van der Waals surface area contributed by atoms with E-state index in [1.807, 2.05) is 0 Å². The number of benzene rings is 1. The number of nitrogens with zero attached hydrogens (tertiary/aromatic N) is 5. The van der Waals surface area contributed by atoms with Crippen LogP contribution in [0.3, 0.4) is 0 Å². The summed E-state index contributed by atoms with van der Waals surface area (Å²) in [6.45, 7) is 1.77. The molecule has 0 bridgehead atoms. The van der Waals surface area contributed by atoms with Crippen molar-refractivity contribution in [3.63, 3.8) is 0 Å². The summed E-state index contributed by atoms with van der Waals surface area (Å²) in [5.41, 5.74) is 1.24. The lowest BCUT2D eigenvalue weighted by Crippen LogP contribution is -2.14. The van der Waals surface area contributed by atoms with E-state index in [1.165, 1.54) is 36.8 Å². The Hall–Kier alpha value is -3.34. The molecule has 138 valence electrons. The molecule has 0 atom stereocenters. The third-order valence-electron chi connectivity index (χ3n) is 4.06. The molecule has 0 aliphatic carbocycles. The van der Waals surface area contributed by atoms with Gasteiger partial charge in [-0.25, -0.2) is 22.8 Å². The molecule has 3 heterocycles. The van der Waals surface area contributed by atoms with Crippen molar-refractivity contribution in [2.24, 2.45) is 7.05 Å². The van der Waals surface area contributed by atoms with E-state index >= 15 is 0 Å². The van der Waals surface area contributed by atoms with Gasteiger partial charge >= 0.3 is 0 Å². The summed E-state index contributed by atoms with van der Waals surface area (Å²) < 4.78 is 44.0. The zero-order valence-corrected chi connectivity index (χ0v) is 15.1. The van der Waals surface area contributed by atoms with Crippen LogP contribution in [-0.2, 0) is 17.1 Å². The topological polar surface area (TPSA) is 118 Å². The molecule has 9 nitrogen and oxygen atoms in total. The van der Waals surface area contributed by atoms with Gasteiger partial charge in [-0.15, -0.1) is 0 Å². The maximum absolute atomic E-state index is 14.3. The fraction of sp³-hybridized carbons (Fsp3) is 0.125. The van der Waals surface area contributed by atoms with Crippen LogP contribution in [0, 0.1) is 12.7 Å². The summed E-state index contributed by atoms with van der Waals surface area (Å²) in [6.07, 6.45) is 2.45. The van der Waals surface area contributed by atoms with E-state index in [-0.39, 0.29) is 22.0 Å². The third kappa shape index (κ3) is 2.91. The number of nitrogens with one attached hydrogen (secondary N) is 2. The normalized spacial score (nSPS) is 11.8. The van der Waals surface area contributed by atoms with Crippen LogP contribution >= 0.6 is 0 Å². The molecule has 1 aromatic carbocycles. The SMILES string of the molecule is Cc1nn(C)c2ncc(S(=O)(=O)Nc3cccc(F)c3-c3ncn[nH]3)cc12. The molecular weight excluding hydrogens is 373 g/mol. The Morgan fingerprint density at radius 1 is 1.26 bits per heavy atom. The molecule has 11 heteroatoms. The first kappa shape index (κ1) is 17.1. The van der Waals surface area contributed by atoms with Gasteiger partial charge in [0.05, 0.1) is 16.9 Å². The second kappa shape index (κ2) is 6.13. The molecule has 3 aromatic heterocycles. The number of rotatable bonds is 4. The van der Waals surface area contributed by atoms with Gasteiger partial charge in [-0.2, -0.15) is 10.2 Å². The van der Waals surface area contributed by atoms with Gasteiger partial charge < -0.3 is 0 Å². The Morgan fingerprint density at radius 3 is 2.81 bits per heavy atom. The maximum atomic E-state index is 14.3. The predicted molar refractivity (Wildman–Crippen MR) is 95.8 cm³/mol. The van der Waals surface area contributed by atoms with Crippen LogP contribution in [0.15, 0.2) is 41.7 Å². The number of sulfonamides is 1. The smallest absolute Gasteiger partial charge is 0.263 e. The Bertz CT molecular complexity index is 1250. The van der Waals surface area contributed by atoms with Gasteiger partial charge in [0.25, 0.3) is 10.0 Å². The fourth-order valence-electron chi connectivity index (χ4n) is 2.82. The van der Waals surface area contributed by atoms with Gasteiger partial charge in [0.2, 0.25) is 0 Å². The van der Waals surface area contributed by atoms with Crippen LogP contribution in [0.1, 0.15) is 5.69 Å². The van der Waals surface area contributed by atoms with Crippen molar-refractivity contribution in [2.75, 3.05) is 4.72 Å². The minimum atomic E-state index is -4.02. The highest BCUT2D eigenvalue weighted by Gasteiger charge is 2.21. The van der Waals surface area contributed by atoms with Gasteiger partial charge in [0.1, 0.15) is 17.0 Å². The van der Waals surface area contributed by atoms with E-state index in [9.17, 15) is 12.8 Å². The number of H-pyrrole nitrogens is 1. The number of anilines is 1. The second-order valence-corrected chi connectivity index (χ2v) is 7.54. The summed E-state index contributed by atoms with van der Waals surface area (Å²) in [7, 11) is -2.29. The average Bonchev–Trinajstić information content (AvgIpc) is 3.23. The molecule has 0 aliphatic heterocycles. The average molecular weight is 387 g/mol. The van der Waals surface area contributed by atoms with Crippen LogP contribution in [-0.4, -0.2) is 38.4 Å². The van der Waals surface area contributed by atoms with Crippen molar-refractivity contribution in [1.29, 1.82) is 0 Å². The fourth-order valence-corrected chi connectivity index (χ4v) is 3.86. The quantitative estimate of drug-likeness (QED) is 0.553. The van der Waals surface area contributed by atoms with Crippen molar-refractivity contribution in [3.05, 3.63) is 48.3 Å². The molecule has 4 rings (SSSR count). The molecule has 4 aromatic rings. The molecule has 0 spiro atoms. The summed E-state index contributed by atoms with van der Waals surface area (Å²) >= 11 is 0. The highest BCUT2D eigenvalue weighted by atomic mass is 32.2. The van der Waals surface area contributed by atoms with Crippen molar-refractivity contribution in [2.45, 2.75) is 11.8 Å². The van der Waals surface area contributed by atoms with E-state index in [0.29, 0.717) is 16.7 Å². The van der Waals surface area contributed by atoms with Crippen molar-refractivity contribution in [3.8, 4) is 11.4 Å². The van der Waals surface area contributed by atoms with Crippen molar-refractivity contribution in [1.82, 2.24) is 29.9 Å². The van der Waals surface area contributed by atoms with Crippen LogP contribution < -0.4 is 4.72 Å². The number of hydrogen-bond donors (Lipinski definition) is 2. The van der Waals surface area contributed by atoms with E-state index in [1.54, 1.807) is 18.7 Å². The number of pyridine rings is 1. The first-order valence-electron chi connectivity index (χ1n) is 7.83. The summed E-state index contributed by atoms with van der Waals surface area (Å²) in [4.78, 5) is 8.02. The Kier molecular flexibility index (Phi) is 3.88. The summed E-state index contributed by atoms with van der Waals surface area (Å²) in [5.74, 6) is -0.522. The second-order valence-electron chi connectivity index (χ2n) is 5.85. The van der Waals surface area contributed by atoms with Gasteiger partial charge in [-0.05, 0) is 25.1 Å². The number of aromatic nitrogens is 6. The van der Waals surface area contributed by atoms with Crippen molar-refractivity contribution >= 4 is 26.7 Å². The lowest BCUT2D eigenvalue weighted by molar-refractivity contribution is 0.601. The highest BCUT2D eigenvalue weighted by molar-refractivity contribution is 7.92. The number of fused-ring (bicyclic) bond motifs is 1. The maximum Gasteiger partial charge on any atom is 0.263 e. The van der Waals surface area contributed by atoms with Gasteiger partial charge in [-0.1, -0.05) is 6.07 Å². The zero-order chi connectivity index (χ0) is 19.2. The molecule has 0 radical (unpaired) electrons. The molecule has 0 saturated heterocycles. The first-order chi connectivity index (χ1) is 12.9. The van der Waals surface area contributed by atoms with E-state index in [0.717, 1.165) is 0 Å². The molecule has 0 unspecified atom stereocenters. The minimum Gasteiger partial charge on any atom is -0.279 e. The summed E-state index contributed by atoms with van der Waals surface area (Å²) in [6, 6.07) is 5.54. The van der Waals surface area contributed by atoms with E-state index in [4.69, 9.17) is 0 Å². The van der Waals surface area contributed by atoms with Crippen LogP contribution in [0.5, 0.6) is 0 Å². The standard InChI is InChI=1S/C16H14FN7O2S/c1-9-11-6-10(7-18-16(11)24(2)22-9)27(25,26)23-13-5-3-4-12(17)14(13)15-19-8-20-21-15/h3-8,23H,1-2H3,(H,19,20,21). The summed E-state index contributed by atoms with van der Waals surface area (Å²) in [5, 5.41) is 11.1. The Morgan fingerprint density at radius 2 is 2.07 bits per heavy atom. The molecule has 0 aliphatic rings. The lowest BCUT2D eigenvalue weighted by Gasteiger charge is -2.12. The minimum absolute atomic E-state index is 0.0230. The number of aromatic amines is 1. The van der Waals surface area contributed by atoms with Gasteiger partial charge in [0, 0.05) is 18.6 Å². The zero-order valence-electron chi connectivity index (χ0n) is 14.3. The van der Waals surface area contributed by atoms with E-state index in [2.05, 4.69) is 30.0 Å². The molecule has 2 N–H and O–H groups in total.